The molecule has 0 unspecified atom stereocenters. The van der Waals surface area contributed by atoms with Crippen LogP contribution in [0.5, 0.6) is 5.75 Å². The van der Waals surface area contributed by atoms with Gasteiger partial charge >= 0.3 is 0 Å². The number of nitrogens with zero attached hydrogens (tertiary/aromatic N) is 1. The number of carbonyl (C=O) groups excluding carboxylic acids is 1. The summed E-state index contributed by atoms with van der Waals surface area (Å²) >= 11 is 1.87. The number of benzene rings is 3. The van der Waals surface area contributed by atoms with Crippen molar-refractivity contribution < 1.29 is 9.53 Å². The molecule has 29 heavy (non-hydrogen) atoms. The van der Waals surface area contributed by atoms with Gasteiger partial charge in [0.25, 0.3) is 0 Å². The van der Waals surface area contributed by atoms with Crippen LogP contribution in [0.25, 0.3) is 0 Å². The molecule has 4 rings (SSSR count). The normalized spacial score (nSPS) is 19.2. The highest BCUT2D eigenvalue weighted by Crippen LogP contribution is 2.44. The SMILES string of the molecule is COc1ccc(N2C(=O)CC[C@@H](Sc3ccc(C)cc3)[C@@H]2c2ccccc2)cc1. The first-order valence-electron chi connectivity index (χ1n) is 9.90. The Balaban J connectivity index is 1.72. The van der Waals surface area contributed by atoms with Crippen LogP contribution in [0.15, 0.2) is 83.8 Å². The summed E-state index contributed by atoms with van der Waals surface area (Å²) in [6.07, 6.45) is 1.42. The third-order valence-corrected chi connectivity index (χ3v) is 6.68. The minimum absolute atomic E-state index is 0.0165. The Kier molecular flexibility index (Phi) is 5.91. The third kappa shape index (κ3) is 4.33. The standard InChI is InChI=1S/C25H25NO2S/c1-18-8-14-22(15-9-18)29-23-16-17-24(27)26(20-10-12-21(28-2)13-11-20)25(23)19-6-4-3-5-7-19/h3-15,23,25H,16-17H2,1-2H3/t23-,25+/m1/s1. The number of ether oxygens (including phenoxy) is 1. The van der Waals surface area contributed by atoms with Crippen molar-refractivity contribution in [1.29, 1.82) is 0 Å². The van der Waals surface area contributed by atoms with E-state index in [-0.39, 0.29) is 17.2 Å². The quantitative estimate of drug-likeness (QED) is 0.521. The van der Waals surface area contributed by atoms with E-state index < -0.39 is 0 Å². The summed E-state index contributed by atoms with van der Waals surface area (Å²) in [7, 11) is 1.65. The van der Waals surface area contributed by atoms with E-state index in [4.69, 9.17) is 4.74 Å². The van der Waals surface area contributed by atoms with E-state index in [1.54, 1.807) is 7.11 Å². The molecule has 1 aliphatic rings. The van der Waals surface area contributed by atoms with Crippen LogP contribution in [0.2, 0.25) is 0 Å². The number of aryl methyl sites for hydroxylation is 1. The van der Waals surface area contributed by atoms with Crippen LogP contribution in [-0.2, 0) is 4.79 Å². The van der Waals surface area contributed by atoms with E-state index in [0.29, 0.717) is 6.42 Å². The lowest BCUT2D eigenvalue weighted by Gasteiger charge is -2.41. The van der Waals surface area contributed by atoms with Gasteiger partial charge < -0.3 is 9.64 Å². The topological polar surface area (TPSA) is 29.5 Å². The molecule has 0 aliphatic carbocycles. The van der Waals surface area contributed by atoms with E-state index >= 15 is 0 Å². The fourth-order valence-electron chi connectivity index (χ4n) is 3.84. The number of carbonyl (C=O) groups is 1. The number of hydrogen-bond acceptors (Lipinski definition) is 3. The van der Waals surface area contributed by atoms with E-state index in [1.165, 1.54) is 16.0 Å². The molecular weight excluding hydrogens is 378 g/mol. The molecule has 2 atom stereocenters. The van der Waals surface area contributed by atoms with Gasteiger partial charge in [0.1, 0.15) is 5.75 Å². The Morgan fingerprint density at radius 1 is 0.931 bits per heavy atom. The zero-order valence-electron chi connectivity index (χ0n) is 16.7. The largest absolute Gasteiger partial charge is 0.497 e. The lowest BCUT2D eigenvalue weighted by Crippen LogP contribution is -2.44. The van der Waals surface area contributed by atoms with Gasteiger partial charge in [-0.1, -0.05) is 48.0 Å². The second-order valence-electron chi connectivity index (χ2n) is 7.33. The number of anilines is 1. The van der Waals surface area contributed by atoms with Crippen LogP contribution in [0, 0.1) is 6.92 Å². The van der Waals surface area contributed by atoms with Crippen molar-refractivity contribution in [2.45, 2.75) is 36.0 Å². The molecular formula is C25H25NO2S. The monoisotopic (exact) mass is 403 g/mol. The average Bonchev–Trinajstić information content (AvgIpc) is 2.77. The van der Waals surface area contributed by atoms with E-state index in [9.17, 15) is 4.79 Å². The number of methoxy groups -OCH3 is 1. The molecule has 1 saturated heterocycles. The van der Waals surface area contributed by atoms with Gasteiger partial charge in [0, 0.05) is 22.3 Å². The summed E-state index contributed by atoms with van der Waals surface area (Å²) in [6, 6.07) is 26.8. The van der Waals surface area contributed by atoms with Crippen molar-refractivity contribution in [2.24, 2.45) is 0 Å². The highest BCUT2D eigenvalue weighted by molar-refractivity contribution is 8.00. The molecule has 0 radical (unpaired) electrons. The second kappa shape index (κ2) is 8.75. The zero-order chi connectivity index (χ0) is 20.2. The second-order valence-corrected chi connectivity index (χ2v) is 8.64. The van der Waals surface area contributed by atoms with Crippen LogP contribution in [-0.4, -0.2) is 18.3 Å². The van der Waals surface area contributed by atoms with Gasteiger partial charge in [-0.3, -0.25) is 4.79 Å². The molecule has 0 N–H and O–H groups in total. The number of piperidine rings is 1. The summed E-state index contributed by atoms with van der Waals surface area (Å²) in [6.45, 7) is 2.10. The molecule has 0 aromatic heterocycles. The number of rotatable bonds is 5. The Morgan fingerprint density at radius 3 is 2.28 bits per heavy atom. The van der Waals surface area contributed by atoms with Crippen molar-refractivity contribution in [3.05, 3.63) is 90.0 Å². The molecule has 3 aromatic rings. The first kappa shape index (κ1) is 19.6. The Labute approximate surface area is 176 Å². The van der Waals surface area contributed by atoms with Crippen LogP contribution in [0.4, 0.5) is 5.69 Å². The minimum Gasteiger partial charge on any atom is -0.497 e. The highest BCUT2D eigenvalue weighted by Gasteiger charge is 2.38. The Hall–Kier alpha value is -2.72. The van der Waals surface area contributed by atoms with Gasteiger partial charge in [-0.05, 0) is 55.3 Å². The van der Waals surface area contributed by atoms with E-state index in [0.717, 1.165) is 17.9 Å². The molecule has 0 spiro atoms. The Bertz CT molecular complexity index is 954. The Morgan fingerprint density at radius 2 is 1.62 bits per heavy atom. The fraction of sp³-hybridized carbons (Fsp3) is 0.240. The van der Waals surface area contributed by atoms with Crippen molar-refractivity contribution >= 4 is 23.4 Å². The zero-order valence-corrected chi connectivity index (χ0v) is 17.6. The first-order valence-corrected chi connectivity index (χ1v) is 10.8. The maximum absolute atomic E-state index is 13.1. The molecule has 1 heterocycles. The summed E-state index contributed by atoms with van der Waals surface area (Å²) in [4.78, 5) is 16.3. The maximum Gasteiger partial charge on any atom is 0.227 e. The number of amides is 1. The molecule has 1 aliphatic heterocycles. The smallest absolute Gasteiger partial charge is 0.227 e. The van der Waals surface area contributed by atoms with Gasteiger partial charge in [0.15, 0.2) is 0 Å². The van der Waals surface area contributed by atoms with Crippen LogP contribution in [0.1, 0.15) is 30.0 Å². The van der Waals surface area contributed by atoms with Gasteiger partial charge in [-0.15, -0.1) is 11.8 Å². The van der Waals surface area contributed by atoms with Crippen molar-refractivity contribution in [3.8, 4) is 5.75 Å². The summed E-state index contributed by atoms with van der Waals surface area (Å²) in [5, 5.41) is 0.278. The predicted molar refractivity (Wildman–Crippen MR) is 120 cm³/mol. The average molecular weight is 404 g/mol. The van der Waals surface area contributed by atoms with Crippen LogP contribution >= 0.6 is 11.8 Å². The fourth-order valence-corrected chi connectivity index (χ4v) is 5.13. The van der Waals surface area contributed by atoms with Crippen LogP contribution < -0.4 is 9.64 Å². The number of thioether (sulfide) groups is 1. The van der Waals surface area contributed by atoms with Crippen LogP contribution in [0.3, 0.4) is 0 Å². The van der Waals surface area contributed by atoms with Gasteiger partial charge in [-0.2, -0.15) is 0 Å². The van der Waals surface area contributed by atoms with Gasteiger partial charge in [0.2, 0.25) is 5.91 Å². The number of hydrogen-bond donors (Lipinski definition) is 0. The predicted octanol–water partition coefficient (Wildman–Crippen LogP) is 6.03. The van der Waals surface area contributed by atoms with Gasteiger partial charge in [-0.25, -0.2) is 0 Å². The lowest BCUT2D eigenvalue weighted by molar-refractivity contribution is -0.120. The van der Waals surface area contributed by atoms with Crippen molar-refractivity contribution in [2.75, 3.05) is 12.0 Å². The molecule has 1 fully saturated rings. The van der Waals surface area contributed by atoms with Gasteiger partial charge in [0.05, 0.1) is 13.2 Å². The third-order valence-electron chi connectivity index (χ3n) is 5.34. The summed E-state index contributed by atoms with van der Waals surface area (Å²) in [5.74, 6) is 0.963. The molecule has 3 aromatic carbocycles. The van der Waals surface area contributed by atoms with E-state index in [1.807, 2.05) is 59.1 Å². The first-order chi connectivity index (χ1) is 14.2. The molecule has 148 valence electrons. The van der Waals surface area contributed by atoms with Crippen molar-refractivity contribution in [3.63, 3.8) is 0 Å². The summed E-state index contributed by atoms with van der Waals surface area (Å²) in [5.41, 5.74) is 3.34. The minimum atomic E-state index is -0.0165. The lowest BCUT2D eigenvalue weighted by atomic mass is 9.93. The van der Waals surface area contributed by atoms with Crippen molar-refractivity contribution in [1.82, 2.24) is 0 Å². The van der Waals surface area contributed by atoms with E-state index in [2.05, 4.69) is 43.3 Å². The maximum atomic E-state index is 13.1. The highest BCUT2D eigenvalue weighted by atomic mass is 32.2. The molecule has 3 nitrogen and oxygen atoms in total. The molecule has 4 heteroatoms. The molecule has 0 saturated carbocycles. The molecule has 0 bridgehead atoms. The summed E-state index contributed by atoms with van der Waals surface area (Å²) < 4.78 is 5.30. The molecule has 1 amide bonds.